The van der Waals surface area contributed by atoms with Crippen LogP contribution in [-0.4, -0.2) is 34.6 Å². The molecule has 0 amide bonds. The van der Waals surface area contributed by atoms with Crippen LogP contribution in [0.3, 0.4) is 0 Å². The van der Waals surface area contributed by atoms with E-state index in [0.717, 1.165) is 0 Å². The second kappa shape index (κ2) is 5.22. The Morgan fingerprint density at radius 2 is 1.69 bits per heavy atom. The van der Waals surface area contributed by atoms with Gasteiger partial charge < -0.3 is 5.11 Å². The van der Waals surface area contributed by atoms with Crippen molar-refractivity contribution in [3.8, 4) is 0 Å². The van der Waals surface area contributed by atoms with Crippen molar-refractivity contribution in [1.82, 2.24) is 4.90 Å². The Morgan fingerprint density at radius 1 is 1.23 bits per heavy atom. The zero-order valence-electron chi connectivity index (χ0n) is 9.24. The third-order valence-corrected chi connectivity index (χ3v) is 2.47. The van der Waals surface area contributed by atoms with Crippen LogP contribution in [0.25, 0.3) is 0 Å². The van der Waals surface area contributed by atoms with Crippen LogP contribution in [0.5, 0.6) is 0 Å². The molecule has 0 aromatic carbocycles. The monoisotopic (exact) mass is 187 g/mol. The quantitative estimate of drug-likeness (QED) is 0.713. The lowest BCUT2D eigenvalue weighted by atomic mass is 10.0. The van der Waals surface area contributed by atoms with E-state index in [2.05, 4.69) is 20.8 Å². The SMILES string of the molecule is CC(C)C(C)N(CC(=O)O)C(C)C. The molecule has 3 heteroatoms. The number of hydrogen-bond donors (Lipinski definition) is 1. The van der Waals surface area contributed by atoms with Gasteiger partial charge in [0.05, 0.1) is 6.54 Å². The van der Waals surface area contributed by atoms with Crippen molar-refractivity contribution in [3.05, 3.63) is 0 Å². The topological polar surface area (TPSA) is 40.5 Å². The fourth-order valence-electron chi connectivity index (χ4n) is 1.34. The van der Waals surface area contributed by atoms with Gasteiger partial charge in [-0.15, -0.1) is 0 Å². The molecule has 78 valence electrons. The fourth-order valence-corrected chi connectivity index (χ4v) is 1.34. The lowest BCUT2D eigenvalue weighted by molar-refractivity contribution is -0.139. The van der Waals surface area contributed by atoms with Gasteiger partial charge >= 0.3 is 5.97 Å². The molecule has 0 spiro atoms. The van der Waals surface area contributed by atoms with Crippen LogP contribution in [-0.2, 0) is 4.79 Å². The zero-order valence-corrected chi connectivity index (χ0v) is 9.24. The van der Waals surface area contributed by atoms with E-state index in [0.29, 0.717) is 12.0 Å². The Bertz CT molecular complexity index is 166. The van der Waals surface area contributed by atoms with Crippen molar-refractivity contribution in [2.45, 2.75) is 46.7 Å². The van der Waals surface area contributed by atoms with E-state index in [9.17, 15) is 4.79 Å². The second-order valence-corrected chi connectivity index (χ2v) is 4.14. The van der Waals surface area contributed by atoms with E-state index < -0.39 is 5.97 Å². The molecule has 0 rings (SSSR count). The van der Waals surface area contributed by atoms with E-state index in [1.807, 2.05) is 18.7 Å². The maximum Gasteiger partial charge on any atom is 0.317 e. The number of aliphatic carboxylic acids is 1. The molecule has 0 aliphatic carbocycles. The molecule has 1 atom stereocenters. The van der Waals surface area contributed by atoms with Gasteiger partial charge in [-0.1, -0.05) is 13.8 Å². The Morgan fingerprint density at radius 3 is 1.92 bits per heavy atom. The zero-order chi connectivity index (χ0) is 10.6. The Hall–Kier alpha value is -0.570. The largest absolute Gasteiger partial charge is 0.480 e. The summed E-state index contributed by atoms with van der Waals surface area (Å²) in [5.41, 5.74) is 0. The molecule has 0 bridgehead atoms. The molecule has 0 aromatic heterocycles. The first-order valence-electron chi connectivity index (χ1n) is 4.83. The molecule has 1 N–H and O–H groups in total. The molecular formula is C10H21NO2. The van der Waals surface area contributed by atoms with Gasteiger partial charge in [0.25, 0.3) is 0 Å². The maximum absolute atomic E-state index is 10.6. The van der Waals surface area contributed by atoms with Crippen molar-refractivity contribution >= 4 is 5.97 Å². The van der Waals surface area contributed by atoms with Crippen LogP contribution >= 0.6 is 0 Å². The summed E-state index contributed by atoms with van der Waals surface area (Å²) in [6, 6.07) is 0.601. The summed E-state index contributed by atoms with van der Waals surface area (Å²) < 4.78 is 0. The molecule has 0 heterocycles. The van der Waals surface area contributed by atoms with Crippen molar-refractivity contribution in [3.63, 3.8) is 0 Å². The van der Waals surface area contributed by atoms with Crippen LogP contribution in [0.2, 0.25) is 0 Å². The van der Waals surface area contributed by atoms with Crippen LogP contribution in [0.1, 0.15) is 34.6 Å². The molecule has 0 fully saturated rings. The summed E-state index contributed by atoms with van der Waals surface area (Å²) in [4.78, 5) is 12.6. The highest BCUT2D eigenvalue weighted by Gasteiger charge is 2.21. The molecule has 0 radical (unpaired) electrons. The number of carbonyl (C=O) groups is 1. The molecule has 0 aliphatic heterocycles. The molecule has 1 unspecified atom stereocenters. The van der Waals surface area contributed by atoms with Gasteiger partial charge in [-0.3, -0.25) is 9.69 Å². The average Bonchev–Trinajstić information content (AvgIpc) is 1.97. The van der Waals surface area contributed by atoms with E-state index in [1.54, 1.807) is 0 Å². The highest BCUT2D eigenvalue weighted by molar-refractivity contribution is 5.69. The standard InChI is InChI=1S/C10H21NO2/c1-7(2)9(5)11(8(3)4)6-10(12)13/h7-9H,6H2,1-5H3,(H,12,13). The van der Waals surface area contributed by atoms with Crippen molar-refractivity contribution < 1.29 is 9.90 Å². The van der Waals surface area contributed by atoms with E-state index in [-0.39, 0.29) is 12.6 Å². The third-order valence-electron chi connectivity index (χ3n) is 2.47. The lowest BCUT2D eigenvalue weighted by Crippen LogP contribution is -2.44. The number of hydrogen-bond acceptors (Lipinski definition) is 2. The van der Waals surface area contributed by atoms with Crippen molar-refractivity contribution in [2.75, 3.05) is 6.54 Å². The summed E-state index contributed by atoms with van der Waals surface area (Å²) in [5, 5.41) is 8.72. The van der Waals surface area contributed by atoms with Crippen molar-refractivity contribution in [2.24, 2.45) is 5.92 Å². The normalized spacial score (nSPS) is 14.2. The Balaban J connectivity index is 4.32. The minimum absolute atomic E-state index is 0.136. The van der Waals surface area contributed by atoms with Gasteiger partial charge in [0.1, 0.15) is 0 Å². The predicted molar refractivity (Wildman–Crippen MR) is 53.8 cm³/mol. The molecule has 0 aliphatic rings. The number of nitrogens with zero attached hydrogens (tertiary/aromatic N) is 1. The molecule has 0 saturated carbocycles. The summed E-state index contributed by atoms with van der Waals surface area (Å²) in [6.07, 6.45) is 0. The lowest BCUT2D eigenvalue weighted by Gasteiger charge is -2.33. The van der Waals surface area contributed by atoms with E-state index >= 15 is 0 Å². The molecule has 13 heavy (non-hydrogen) atoms. The van der Waals surface area contributed by atoms with Crippen LogP contribution < -0.4 is 0 Å². The molecule has 0 aromatic rings. The number of rotatable bonds is 5. The van der Waals surface area contributed by atoms with Gasteiger partial charge in [0, 0.05) is 12.1 Å². The van der Waals surface area contributed by atoms with Crippen molar-refractivity contribution in [1.29, 1.82) is 0 Å². The maximum atomic E-state index is 10.6. The first-order valence-corrected chi connectivity index (χ1v) is 4.83. The third kappa shape index (κ3) is 4.27. The summed E-state index contributed by atoms with van der Waals surface area (Å²) in [7, 11) is 0. The summed E-state index contributed by atoms with van der Waals surface area (Å²) in [5.74, 6) is -0.261. The first kappa shape index (κ1) is 12.4. The van der Waals surface area contributed by atoms with Gasteiger partial charge in [-0.2, -0.15) is 0 Å². The van der Waals surface area contributed by atoms with E-state index in [1.165, 1.54) is 0 Å². The second-order valence-electron chi connectivity index (χ2n) is 4.14. The smallest absolute Gasteiger partial charge is 0.317 e. The van der Waals surface area contributed by atoms with Gasteiger partial charge in [-0.25, -0.2) is 0 Å². The van der Waals surface area contributed by atoms with Crippen LogP contribution in [0.15, 0.2) is 0 Å². The minimum atomic E-state index is -0.749. The summed E-state index contributed by atoms with van der Waals surface area (Å²) >= 11 is 0. The van der Waals surface area contributed by atoms with Gasteiger partial charge in [0.2, 0.25) is 0 Å². The molecule has 3 nitrogen and oxygen atoms in total. The van der Waals surface area contributed by atoms with Crippen LogP contribution in [0.4, 0.5) is 0 Å². The van der Waals surface area contributed by atoms with Gasteiger partial charge in [0.15, 0.2) is 0 Å². The predicted octanol–water partition coefficient (Wildman–Crippen LogP) is 1.83. The Labute approximate surface area is 80.7 Å². The van der Waals surface area contributed by atoms with Gasteiger partial charge in [-0.05, 0) is 26.7 Å². The number of carboxylic acid groups (broad SMARTS) is 1. The highest BCUT2D eigenvalue weighted by Crippen LogP contribution is 2.12. The minimum Gasteiger partial charge on any atom is -0.480 e. The van der Waals surface area contributed by atoms with Crippen LogP contribution in [0, 0.1) is 5.92 Å². The molecular weight excluding hydrogens is 166 g/mol. The Kier molecular flexibility index (Phi) is 4.99. The molecule has 0 saturated heterocycles. The average molecular weight is 187 g/mol. The summed E-state index contributed by atoms with van der Waals surface area (Å²) in [6.45, 7) is 10.5. The van der Waals surface area contributed by atoms with E-state index in [4.69, 9.17) is 5.11 Å². The highest BCUT2D eigenvalue weighted by atomic mass is 16.4. The first-order chi connectivity index (χ1) is 5.86. The number of carboxylic acids is 1. The fraction of sp³-hybridized carbons (Fsp3) is 0.900.